The van der Waals surface area contributed by atoms with Gasteiger partial charge in [-0.15, -0.1) is 0 Å². The molecule has 1 fully saturated rings. The fourth-order valence-corrected chi connectivity index (χ4v) is 2.05. The first kappa shape index (κ1) is 8.94. The largest absolute Gasteiger partial charge is 0.360 e. The first-order chi connectivity index (χ1) is 6.23. The molecule has 3 nitrogen and oxygen atoms in total. The van der Waals surface area contributed by atoms with Crippen LogP contribution in [0.2, 0.25) is 0 Å². The smallest absolute Gasteiger partial charge is 0.202 e. The minimum atomic E-state index is 0.547. The van der Waals surface area contributed by atoms with E-state index in [1.165, 1.54) is 24.4 Å². The summed E-state index contributed by atoms with van der Waals surface area (Å²) in [5, 5.41) is 4.30. The summed E-state index contributed by atoms with van der Waals surface area (Å²) in [5.41, 5.74) is 0.547. The van der Waals surface area contributed by atoms with Gasteiger partial charge >= 0.3 is 0 Å². The van der Waals surface area contributed by atoms with Crippen LogP contribution in [0.3, 0.4) is 0 Å². The van der Waals surface area contributed by atoms with Crippen molar-refractivity contribution in [2.75, 3.05) is 11.9 Å². The molecule has 1 saturated carbocycles. The Hall–Kier alpha value is -0.640. The molecule has 0 radical (unpaired) electrons. The molecule has 0 saturated heterocycles. The van der Waals surface area contributed by atoms with Crippen molar-refractivity contribution in [2.45, 2.75) is 26.7 Å². The molecule has 1 N–H and O–H groups in total. The molecule has 1 aromatic heterocycles. The molecule has 1 aliphatic carbocycles. The van der Waals surface area contributed by atoms with E-state index >= 15 is 0 Å². The van der Waals surface area contributed by atoms with Crippen molar-refractivity contribution in [3.05, 3.63) is 6.33 Å². The summed E-state index contributed by atoms with van der Waals surface area (Å²) in [5.74, 6) is 0.771. The Balaban J connectivity index is 1.86. The molecular formula is C9H15N3S. The van der Waals surface area contributed by atoms with Crippen LogP contribution in [0, 0.1) is 11.3 Å². The number of anilines is 1. The lowest BCUT2D eigenvalue weighted by Crippen LogP contribution is -2.20. The molecule has 0 spiro atoms. The Bertz CT molecular complexity index is 264. The molecule has 1 aromatic rings. The molecule has 0 amide bonds. The monoisotopic (exact) mass is 197 g/mol. The number of rotatable bonds is 4. The molecule has 0 unspecified atom stereocenters. The van der Waals surface area contributed by atoms with Gasteiger partial charge in [-0.25, -0.2) is 4.98 Å². The Morgan fingerprint density at radius 2 is 2.38 bits per heavy atom. The predicted molar refractivity (Wildman–Crippen MR) is 54.9 cm³/mol. The van der Waals surface area contributed by atoms with E-state index in [1.54, 1.807) is 6.33 Å². The molecule has 1 heterocycles. The highest BCUT2D eigenvalue weighted by Crippen LogP contribution is 2.51. The second-order valence-corrected chi connectivity index (χ2v) is 4.90. The van der Waals surface area contributed by atoms with Gasteiger partial charge in [0.25, 0.3) is 0 Å². The van der Waals surface area contributed by atoms with Gasteiger partial charge in [-0.3, -0.25) is 0 Å². The maximum Gasteiger partial charge on any atom is 0.202 e. The van der Waals surface area contributed by atoms with Crippen LogP contribution in [-0.2, 0) is 0 Å². The summed E-state index contributed by atoms with van der Waals surface area (Å²) in [6.07, 6.45) is 4.31. The topological polar surface area (TPSA) is 37.8 Å². The Morgan fingerprint density at radius 1 is 1.62 bits per heavy atom. The quantitative estimate of drug-likeness (QED) is 0.805. The highest BCUT2D eigenvalue weighted by atomic mass is 32.1. The van der Waals surface area contributed by atoms with Crippen molar-refractivity contribution in [1.29, 1.82) is 0 Å². The lowest BCUT2D eigenvalue weighted by molar-refractivity contribution is 0.380. The summed E-state index contributed by atoms with van der Waals surface area (Å²) in [6.45, 7) is 5.66. The van der Waals surface area contributed by atoms with Crippen LogP contribution in [0.25, 0.3) is 0 Å². The summed E-state index contributed by atoms with van der Waals surface area (Å²) in [4.78, 5) is 4.10. The molecule has 4 heteroatoms. The van der Waals surface area contributed by atoms with Crippen molar-refractivity contribution in [2.24, 2.45) is 11.3 Å². The van der Waals surface area contributed by atoms with E-state index in [0.717, 1.165) is 17.6 Å². The predicted octanol–water partition coefficient (Wildman–Crippen LogP) is 2.39. The van der Waals surface area contributed by atoms with Crippen molar-refractivity contribution >= 4 is 16.7 Å². The number of hydrogen-bond donors (Lipinski definition) is 1. The zero-order valence-corrected chi connectivity index (χ0v) is 8.90. The first-order valence-corrected chi connectivity index (χ1v) is 5.51. The summed E-state index contributed by atoms with van der Waals surface area (Å²) >= 11 is 1.43. The Labute approximate surface area is 82.8 Å². The SMILES string of the molecule is CC(C)C1(CNc2ncns2)CC1. The van der Waals surface area contributed by atoms with Gasteiger partial charge in [0.1, 0.15) is 6.33 Å². The average molecular weight is 197 g/mol. The number of hydrogen-bond acceptors (Lipinski definition) is 4. The second-order valence-electron chi connectivity index (χ2n) is 4.12. The van der Waals surface area contributed by atoms with Gasteiger partial charge in [0.05, 0.1) is 0 Å². The number of nitrogens with one attached hydrogen (secondary N) is 1. The maximum atomic E-state index is 4.10. The van der Waals surface area contributed by atoms with E-state index in [0.29, 0.717) is 5.41 Å². The van der Waals surface area contributed by atoms with Gasteiger partial charge in [0.15, 0.2) is 0 Å². The van der Waals surface area contributed by atoms with Gasteiger partial charge in [0, 0.05) is 18.1 Å². The molecule has 13 heavy (non-hydrogen) atoms. The fraction of sp³-hybridized carbons (Fsp3) is 0.778. The first-order valence-electron chi connectivity index (χ1n) is 4.73. The van der Waals surface area contributed by atoms with Crippen LogP contribution >= 0.6 is 11.5 Å². The van der Waals surface area contributed by atoms with Crippen molar-refractivity contribution in [1.82, 2.24) is 9.36 Å². The maximum absolute atomic E-state index is 4.10. The van der Waals surface area contributed by atoms with Crippen LogP contribution < -0.4 is 5.32 Å². The third-order valence-corrected chi connectivity index (χ3v) is 3.69. The van der Waals surface area contributed by atoms with Crippen LogP contribution in [0.1, 0.15) is 26.7 Å². The third-order valence-electron chi connectivity index (χ3n) is 3.07. The van der Waals surface area contributed by atoms with Crippen LogP contribution in [-0.4, -0.2) is 15.9 Å². The summed E-state index contributed by atoms with van der Waals surface area (Å²) in [6, 6.07) is 0. The number of nitrogens with zero attached hydrogens (tertiary/aromatic N) is 2. The Morgan fingerprint density at radius 3 is 2.85 bits per heavy atom. The van der Waals surface area contributed by atoms with E-state index in [2.05, 4.69) is 28.5 Å². The highest BCUT2D eigenvalue weighted by molar-refractivity contribution is 7.09. The molecule has 72 valence electrons. The minimum Gasteiger partial charge on any atom is -0.360 e. The van der Waals surface area contributed by atoms with Gasteiger partial charge < -0.3 is 5.32 Å². The van der Waals surface area contributed by atoms with Gasteiger partial charge in [-0.2, -0.15) is 4.37 Å². The normalized spacial score (nSPS) is 19.0. The van der Waals surface area contributed by atoms with Crippen molar-refractivity contribution in [3.8, 4) is 0 Å². The standard InChI is InChI=1S/C9H15N3S/c1-7(2)9(3-4-9)5-10-8-11-6-12-13-8/h6-7H,3-5H2,1-2H3,(H,10,11,12). The molecule has 2 rings (SSSR count). The minimum absolute atomic E-state index is 0.547. The third kappa shape index (κ3) is 1.82. The van der Waals surface area contributed by atoms with Gasteiger partial charge in [-0.1, -0.05) is 13.8 Å². The molecular weight excluding hydrogens is 182 g/mol. The Kier molecular flexibility index (Phi) is 2.24. The molecule has 0 atom stereocenters. The average Bonchev–Trinajstić information content (AvgIpc) is 2.73. The zero-order chi connectivity index (χ0) is 9.31. The van der Waals surface area contributed by atoms with E-state index in [9.17, 15) is 0 Å². The van der Waals surface area contributed by atoms with Crippen molar-refractivity contribution in [3.63, 3.8) is 0 Å². The van der Waals surface area contributed by atoms with E-state index in [4.69, 9.17) is 0 Å². The summed E-state index contributed by atoms with van der Waals surface area (Å²) in [7, 11) is 0. The van der Waals surface area contributed by atoms with Crippen LogP contribution in [0.5, 0.6) is 0 Å². The van der Waals surface area contributed by atoms with Crippen LogP contribution in [0.15, 0.2) is 6.33 Å². The zero-order valence-electron chi connectivity index (χ0n) is 8.08. The number of aromatic nitrogens is 2. The van der Waals surface area contributed by atoms with Gasteiger partial charge in [0.2, 0.25) is 5.13 Å². The summed E-state index contributed by atoms with van der Waals surface area (Å²) < 4.78 is 3.96. The molecule has 1 aliphatic rings. The van der Waals surface area contributed by atoms with E-state index < -0.39 is 0 Å². The lowest BCUT2D eigenvalue weighted by Gasteiger charge is -2.19. The lowest BCUT2D eigenvalue weighted by atomic mass is 9.92. The van der Waals surface area contributed by atoms with Crippen molar-refractivity contribution < 1.29 is 0 Å². The van der Waals surface area contributed by atoms with E-state index in [-0.39, 0.29) is 0 Å². The van der Waals surface area contributed by atoms with E-state index in [1.807, 2.05) is 0 Å². The molecule has 0 aliphatic heterocycles. The highest BCUT2D eigenvalue weighted by Gasteiger charge is 2.44. The van der Waals surface area contributed by atoms with Crippen LogP contribution in [0.4, 0.5) is 5.13 Å². The second kappa shape index (κ2) is 3.25. The fourth-order valence-electron chi connectivity index (χ4n) is 1.62. The molecule has 0 aromatic carbocycles. The van der Waals surface area contributed by atoms with Gasteiger partial charge in [-0.05, 0) is 24.2 Å². The molecule has 0 bridgehead atoms.